The molecule has 4 nitrogen and oxygen atoms in total. The Labute approximate surface area is 103 Å². The molecule has 0 aliphatic carbocycles. The predicted molar refractivity (Wildman–Crippen MR) is 66.9 cm³/mol. The molecule has 0 amide bonds. The average Bonchev–Trinajstić information content (AvgIpc) is 2.76. The van der Waals surface area contributed by atoms with E-state index in [2.05, 4.69) is 19.2 Å². The molecule has 1 atom stereocenters. The lowest BCUT2D eigenvalue weighted by Gasteiger charge is -2.13. The van der Waals surface area contributed by atoms with Crippen molar-refractivity contribution < 1.29 is 14.3 Å². The molecule has 0 aliphatic rings. The quantitative estimate of drug-likeness (QED) is 0.642. The molecular weight excluding hydrogens is 218 g/mol. The minimum absolute atomic E-state index is 0.395. The molecule has 1 unspecified atom stereocenters. The summed E-state index contributed by atoms with van der Waals surface area (Å²) in [6.45, 7) is 6.63. The third-order valence-electron chi connectivity index (χ3n) is 2.27. The zero-order chi connectivity index (χ0) is 12.5. The summed E-state index contributed by atoms with van der Waals surface area (Å²) < 4.78 is 10.6. The van der Waals surface area contributed by atoms with Crippen LogP contribution >= 0.6 is 0 Å². The van der Waals surface area contributed by atoms with Crippen molar-refractivity contribution in [3.05, 3.63) is 24.2 Å². The SMILES string of the molecule is CC(C)COCC(O)CNCCc1ccco1. The van der Waals surface area contributed by atoms with Crippen molar-refractivity contribution in [2.75, 3.05) is 26.3 Å². The topological polar surface area (TPSA) is 54.6 Å². The third kappa shape index (κ3) is 7.15. The smallest absolute Gasteiger partial charge is 0.105 e. The highest BCUT2D eigenvalue weighted by Crippen LogP contribution is 1.99. The van der Waals surface area contributed by atoms with Crippen LogP contribution in [-0.2, 0) is 11.2 Å². The summed E-state index contributed by atoms with van der Waals surface area (Å²) in [6, 6.07) is 3.83. The summed E-state index contributed by atoms with van der Waals surface area (Å²) in [5.74, 6) is 1.47. The number of furan rings is 1. The van der Waals surface area contributed by atoms with Crippen LogP contribution in [-0.4, -0.2) is 37.5 Å². The number of nitrogens with one attached hydrogen (secondary N) is 1. The maximum absolute atomic E-state index is 9.61. The molecule has 1 heterocycles. The lowest BCUT2D eigenvalue weighted by Crippen LogP contribution is -2.32. The van der Waals surface area contributed by atoms with E-state index in [0.717, 1.165) is 18.7 Å². The van der Waals surface area contributed by atoms with Crippen molar-refractivity contribution in [3.63, 3.8) is 0 Å². The Hall–Kier alpha value is -0.840. The Morgan fingerprint density at radius 1 is 1.41 bits per heavy atom. The number of aliphatic hydroxyl groups is 1. The van der Waals surface area contributed by atoms with Crippen molar-refractivity contribution >= 4 is 0 Å². The normalized spacial score (nSPS) is 13.2. The van der Waals surface area contributed by atoms with E-state index in [-0.39, 0.29) is 0 Å². The molecule has 1 aromatic rings. The van der Waals surface area contributed by atoms with E-state index in [1.165, 1.54) is 0 Å². The van der Waals surface area contributed by atoms with E-state index in [9.17, 15) is 5.11 Å². The van der Waals surface area contributed by atoms with Gasteiger partial charge in [-0.25, -0.2) is 0 Å². The number of rotatable bonds is 9. The van der Waals surface area contributed by atoms with Crippen molar-refractivity contribution in [3.8, 4) is 0 Å². The first kappa shape index (κ1) is 14.2. The largest absolute Gasteiger partial charge is 0.469 e. The standard InChI is InChI=1S/C13H23NO3/c1-11(2)9-16-10-12(15)8-14-6-5-13-4-3-7-17-13/h3-4,7,11-12,14-15H,5-6,8-10H2,1-2H3. The minimum Gasteiger partial charge on any atom is -0.469 e. The highest BCUT2D eigenvalue weighted by molar-refractivity contribution is 4.98. The summed E-state index contributed by atoms with van der Waals surface area (Å²) in [5, 5.41) is 12.8. The van der Waals surface area contributed by atoms with Crippen LogP contribution < -0.4 is 5.32 Å². The van der Waals surface area contributed by atoms with E-state index in [1.54, 1.807) is 6.26 Å². The maximum atomic E-state index is 9.61. The van der Waals surface area contributed by atoms with Crippen LogP contribution in [0.2, 0.25) is 0 Å². The molecule has 0 spiro atoms. The molecule has 4 heteroatoms. The van der Waals surface area contributed by atoms with E-state index in [1.807, 2.05) is 12.1 Å². The van der Waals surface area contributed by atoms with Gasteiger partial charge in [-0.2, -0.15) is 0 Å². The van der Waals surface area contributed by atoms with E-state index < -0.39 is 6.10 Å². The van der Waals surface area contributed by atoms with Crippen LogP contribution in [0.5, 0.6) is 0 Å². The molecule has 1 rings (SSSR count). The Kier molecular flexibility index (Phi) is 6.93. The molecule has 0 saturated carbocycles. The van der Waals surface area contributed by atoms with Crippen LogP contribution in [0.25, 0.3) is 0 Å². The molecule has 2 N–H and O–H groups in total. The second-order valence-electron chi connectivity index (χ2n) is 4.62. The number of hydrogen-bond acceptors (Lipinski definition) is 4. The first-order chi connectivity index (χ1) is 8.18. The van der Waals surface area contributed by atoms with Crippen LogP contribution in [0.4, 0.5) is 0 Å². The number of hydrogen-bond donors (Lipinski definition) is 2. The molecule has 1 aromatic heterocycles. The van der Waals surface area contributed by atoms with Gasteiger partial charge in [0.2, 0.25) is 0 Å². The van der Waals surface area contributed by atoms with Crippen molar-refractivity contribution in [2.24, 2.45) is 5.92 Å². The Morgan fingerprint density at radius 2 is 2.24 bits per heavy atom. The average molecular weight is 241 g/mol. The summed E-state index contributed by atoms with van der Waals surface area (Å²) in [4.78, 5) is 0. The van der Waals surface area contributed by atoms with Crippen molar-refractivity contribution in [1.82, 2.24) is 5.32 Å². The molecule has 0 bridgehead atoms. The van der Waals surface area contributed by atoms with Crippen LogP contribution in [0.3, 0.4) is 0 Å². The number of aliphatic hydroxyl groups excluding tert-OH is 1. The number of ether oxygens (including phenoxy) is 1. The second kappa shape index (κ2) is 8.28. The van der Waals surface area contributed by atoms with Gasteiger partial charge in [0.25, 0.3) is 0 Å². The van der Waals surface area contributed by atoms with Crippen LogP contribution in [0, 0.1) is 5.92 Å². The summed E-state index contributed by atoms with van der Waals surface area (Å²) >= 11 is 0. The van der Waals surface area contributed by atoms with Gasteiger partial charge in [-0.05, 0) is 18.1 Å². The zero-order valence-electron chi connectivity index (χ0n) is 10.7. The fourth-order valence-corrected chi connectivity index (χ4v) is 1.43. The fraction of sp³-hybridized carbons (Fsp3) is 0.692. The zero-order valence-corrected chi connectivity index (χ0v) is 10.7. The highest BCUT2D eigenvalue weighted by atomic mass is 16.5. The van der Waals surface area contributed by atoms with Crippen LogP contribution in [0.15, 0.2) is 22.8 Å². The van der Waals surface area contributed by atoms with Gasteiger partial charge in [-0.15, -0.1) is 0 Å². The van der Waals surface area contributed by atoms with Crippen LogP contribution in [0.1, 0.15) is 19.6 Å². The molecular formula is C13H23NO3. The predicted octanol–water partition coefficient (Wildman–Crippen LogP) is 1.45. The minimum atomic E-state index is -0.439. The fourth-order valence-electron chi connectivity index (χ4n) is 1.43. The maximum Gasteiger partial charge on any atom is 0.105 e. The lowest BCUT2D eigenvalue weighted by molar-refractivity contribution is 0.0262. The molecule has 98 valence electrons. The lowest BCUT2D eigenvalue weighted by atomic mass is 10.2. The molecule has 0 aliphatic heterocycles. The van der Waals surface area contributed by atoms with Gasteiger partial charge in [0, 0.05) is 26.1 Å². The van der Waals surface area contributed by atoms with Crippen molar-refractivity contribution in [2.45, 2.75) is 26.4 Å². The summed E-state index contributed by atoms with van der Waals surface area (Å²) in [7, 11) is 0. The van der Waals surface area contributed by atoms with Gasteiger partial charge in [-0.1, -0.05) is 13.8 Å². The first-order valence-corrected chi connectivity index (χ1v) is 6.17. The van der Waals surface area contributed by atoms with Gasteiger partial charge < -0.3 is 19.6 Å². The molecule has 17 heavy (non-hydrogen) atoms. The van der Waals surface area contributed by atoms with E-state index in [0.29, 0.717) is 25.7 Å². The Balaban J connectivity index is 1.95. The summed E-state index contributed by atoms with van der Waals surface area (Å²) in [5.41, 5.74) is 0. The molecule has 0 radical (unpaired) electrons. The monoisotopic (exact) mass is 241 g/mol. The molecule has 0 aromatic carbocycles. The molecule has 0 fully saturated rings. The second-order valence-corrected chi connectivity index (χ2v) is 4.62. The van der Waals surface area contributed by atoms with Gasteiger partial charge in [0.05, 0.1) is 19.0 Å². The highest BCUT2D eigenvalue weighted by Gasteiger charge is 2.04. The summed E-state index contributed by atoms with van der Waals surface area (Å²) in [6.07, 6.45) is 2.07. The Bertz CT molecular complexity index is 272. The molecule has 0 saturated heterocycles. The van der Waals surface area contributed by atoms with E-state index >= 15 is 0 Å². The Morgan fingerprint density at radius 3 is 2.88 bits per heavy atom. The van der Waals surface area contributed by atoms with E-state index in [4.69, 9.17) is 9.15 Å². The third-order valence-corrected chi connectivity index (χ3v) is 2.27. The van der Waals surface area contributed by atoms with Gasteiger partial charge in [-0.3, -0.25) is 0 Å². The van der Waals surface area contributed by atoms with Gasteiger partial charge >= 0.3 is 0 Å². The van der Waals surface area contributed by atoms with Gasteiger partial charge in [0.15, 0.2) is 0 Å². The van der Waals surface area contributed by atoms with Gasteiger partial charge in [0.1, 0.15) is 5.76 Å². The first-order valence-electron chi connectivity index (χ1n) is 6.17. The van der Waals surface area contributed by atoms with Crippen molar-refractivity contribution in [1.29, 1.82) is 0 Å².